The predicted octanol–water partition coefficient (Wildman–Crippen LogP) is 0.567. The van der Waals surface area contributed by atoms with E-state index in [1.54, 1.807) is 17.1 Å². The third-order valence-corrected chi connectivity index (χ3v) is 6.43. The highest BCUT2D eigenvalue weighted by atomic mass is 32.2. The van der Waals surface area contributed by atoms with Crippen molar-refractivity contribution in [3.05, 3.63) is 42.2 Å². The molecule has 2 aromatic heterocycles. The highest BCUT2D eigenvalue weighted by Crippen LogP contribution is 2.23. The minimum atomic E-state index is -3.17. The first-order valence-electron chi connectivity index (χ1n) is 9.29. The van der Waals surface area contributed by atoms with Gasteiger partial charge in [0.2, 0.25) is 10.0 Å². The number of fused-ring (bicyclic) bond motifs is 2. The van der Waals surface area contributed by atoms with Crippen LogP contribution in [0.4, 0.5) is 5.82 Å². The predicted molar refractivity (Wildman–Crippen MR) is 110 cm³/mol. The second-order valence-corrected chi connectivity index (χ2v) is 9.20. The zero-order valence-corrected chi connectivity index (χ0v) is 16.5. The molecule has 1 fully saturated rings. The molecule has 0 saturated carbocycles. The van der Waals surface area contributed by atoms with E-state index in [-0.39, 0.29) is 12.3 Å². The molecular formula is C18H20N8O2S. The Morgan fingerprint density at radius 2 is 2.17 bits per heavy atom. The number of anilines is 1. The average Bonchev–Trinajstić information content (AvgIpc) is 3.34. The molecule has 11 heteroatoms. The third-order valence-electron chi connectivity index (χ3n) is 5.16. The summed E-state index contributed by atoms with van der Waals surface area (Å²) in [5.74, 6) is 0.735. The van der Waals surface area contributed by atoms with Crippen molar-refractivity contribution in [3.63, 3.8) is 0 Å². The Morgan fingerprint density at radius 1 is 1.28 bits per heavy atom. The number of nitrogens with one attached hydrogen (secondary N) is 2. The van der Waals surface area contributed by atoms with E-state index in [1.807, 2.05) is 30.3 Å². The van der Waals surface area contributed by atoms with E-state index in [4.69, 9.17) is 0 Å². The molecule has 1 saturated heterocycles. The minimum Gasteiger partial charge on any atom is -0.334 e. The molecule has 3 aromatic rings. The maximum absolute atomic E-state index is 11.7. The fraction of sp³-hybridized carbons (Fsp3) is 0.333. The van der Waals surface area contributed by atoms with E-state index >= 15 is 0 Å². The topological polar surface area (TPSA) is 117 Å². The van der Waals surface area contributed by atoms with E-state index in [0.717, 1.165) is 28.8 Å². The summed E-state index contributed by atoms with van der Waals surface area (Å²) in [6.07, 6.45) is 5.04. The van der Waals surface area contributed by atoms with Gasteiger partial charge in [-0.1, -0.05) is 11.3 Å². The molecule has 4 heterocycles. The van der Waals surface area contributed by atoms with Gasteiger partial charge >= 0.3 is 0 Å². The second-order valence-electron chi connectivity index (χ2n) is 7.21. The Kier molecular flexibility index (Phi) is 4.30. The quantitative estimate of drug-likeness (QED) is 0.643. The first-order valence-corrected chi connectivity index (χ1v) is 11.1. The molecule has 5 rings (SSSR count). The van der Waals surface area contributed by atoms with Gasteiger partial charge in [0, 0.05) is 30.7 Å². The molecule has 2 atom stereocenters. The second kappa shape index (κ2) is 6.87. The highest BCUT2D eigenvalue weighted by Gasteiger charge is 2.31. The van der Waals surface area contributed by atoms with Crippen LogP contribution in [0.5, 0.6) is 0 Å². The highest BCUT2D eigenvalue weighted by molar-refractivity contribution is 7.88. The van der Waals surface area contributed by atoms with Crippen LogP contribution in [0, 0.1) is 0 Å². The van der Waals surface area contributed by atoms with Gasteiger partial charge in [-0.2, -0.15) is 4.68 Å². The van der Waals surface area contributed by atoms with Crippen LogP contribution in [0.3, 0.4) is 0 Å². The number of pyridine rings is 1. The van der Waals surface area contributed by atoms with Gasteiger partial charge in [0.1, 0.15) is 5.69 Å². The third kappa shape index (κ3) is 3.48. The van der Waals surface area contributed by atoms with Crippen molar-refractivity contribution in [2.45, 2.75) is 18.8 Å². The fourth-order valence-corrected chi connectivity index (χ4v) is 4.56. The van der Waals surface area contributed by atoms with Crippen LogP contribution in [-0.4, -0.2) is 70.6 Å². The van der Waals surface area contributed by atoms with Gasteiger partial charge in [-0.05, 0) is 30.7 Å². The lowest BCUT2D eigenvalue weighted by Gasteiger charge is -2.24. The van der Waals surface area contributed by atoms with Gasteiger partial charge in [0.05, 0.1) is 23.7 Å². The normalized spacial score (nSPS) is 22.0. The fourth-order valence-electron chi connectivity index (χ4n) is 3.68. The molecule has 29 heavy (non-hydrogen) atoms. The Morgan fingerprint density at radius 3 is 3.00 bits per heavy atom. The smallest absolute Gasteiger partial charge is 0.211 e. The first kappa shape index (κ1) is 18.2. The molecule has 2 N–H and O–H groups in total. The summed E-state index contributed by atoms with van der Waals surface area (Å²) in [4.78, 5) is 8.78. The van der Waals surface area contributed by atoms with Crippen LogP contribution in [0.1, 0.15) is 12.1 Å². The zero-order chi connectivity index (χ0) is 20.0. The van der Waals surface area contributed by atoms with Gasteiger partial charge < -0.3 is 5.32 Å². The number of nitrogens with zero attached hydrogens (tertiary/aromatic N) is 6. The molecule has 1 unspecified atom stereocenters. The van der Waals surface area contributed by atoms with Gasteiger partial charge in [-0.15, -0.1) is 5.10 Å². The molecule has 0 bridgehead atoms. The first-order chi connectivity index (χ1) is 14.0. The van der Waals surface area contributed by atoms with Gasteiger partial charge in [-0.3, -0.25) is 15.3 Å². The maximum Gasteiger partial charge on any atom is 0.211 e. The average molecular weight is 412 g/mol. The van der Waals surface area contributed by atoms with E-state index in [2.05, 4.69) is 30.9 Å². The lowest BCUT2D eigenvalue weighted by atomic mass is 10.2. The van der Waals surface area contributed by atoms with Crippen molar-refractivity contribution in [2.75, 3.05) is 24.7 Å². The van der Waals surface area contributed by atoms with Gasteiger partial charge in [0.15, 0.2) is 12.1 Å². The van der Waals surface area contributed by atoms with Crippen LogP contribution in [-0.2, 0) is 10.0 Å². The van der Waals surface area contributed by atoms with Crippen molar-refractivity contribution in [1.29, 1.82) is 0 Å². The number of benzene rings is 1. The van der Waals surface area contributed by atoms with Gasteiger partial charge in [-0.25, -0.2) is 12.7 Å². The maximum atomic E-state index is 11.7. The Bertz CT molecular complexity index is 1210. The number of aliphatic imine (C=N–C) groups is 1. The number of rotatable bonds is 4. The van der Waals surface area contributed by atoms with Crippen LogP contribution < -0.4 is 10.6 Å². The lowest BCUT2D eigenvalue weighted by Crippen LogP contribution is -2.45. The molecule has 2 aliphatic heterocycles. The largest absolute Gasteiger partial charge is 0.334 e. The van der Waals surface area contributed by atoms with Crippen molar-refractivity contribution in [2.24, 2.45) is 4.99 Å². The number of sulfonamides is 1. The Hall–Kier alpha value is -2.89. The van der Waals surface area contributed by atoms with Crippen molar-refractivity contribution < 1.29 is 8.42 Å². The van der Waals surface area contributed by atoms with Crippen LogP contribution in [0.15, 0.2) is 41.5 Å². The SMILES string of the molecule is CS(=O)(=O)N1CC[C@@H](NC2N=Cc3nnn(-c4ccc5ncccc5c4)c3N2)C1. The van der Waals surface area contributed by atoms with Crippen molar-refractivity contribution in [1.82, 2.24) is 29.6 Å². The number of hydrogen-bond donors (Lipinski definition) is 2. The van der Waals surface area contributed by atoms with E-state index < -0.39 is 10.0 Å². The van der Waals surface area contributed by atoms with Crippen molar-refractivity contribution in [3.8, 4) is 5.69 Å². The van der Waals surface area contributed by atoms with Crippen LogP contribution in [0.2, 0.25) is 0 Å². The van der Waals surface area contributed by atoms with E-state index in [1.165, 1.54) is 10.6 Å². The molecule has 0 spiro atoms. The monoisotopic (exact) mass is 412 g/mol. The summed E-state index contributed by atoms with van der Waals surface area (Å²) in [5.41, 5.74) is 2.43. The van der Waals surface area contributed by atoms with Crippen LogP contribution in [0.25, 0.3) is 16.6 Å². The molecule has 0 amide bonds. The Balaban J connectivity index is 1.36. The summed E-state index contributed by atoms with van der Waals surface area (Å²) < 4.78 is 26.7. The molecule has 0 aliphatic carbocycles. The summed E-state index contributed by atoms with van der Waals surface area (Å²) in [7, 11) is -3.17. The zero-order valence-electron chi connectivity index (χ0n) is 15.7. The Labute approximate surface area is 167 Å². The summed E-state index contributed by atoms with van der Waals surface area (Å²) in [6.45, 7) is 0.956. The number of hydrogen-bond acceptors (Lipinski definition) is 8. The number of aromatic nitrogens is 4. The van der Waals surface area contributed by atoms with Crippen LogP contribution >= 0.6 is 0 Å². The lowest BCUT2D eigenvalue weighted by molar-refractivity contribution is 0.441. The summed E-state index contributed by atoms with van der Waals surface area (Å²) >= 11 is 0. The summed E-state index contributed by atoms with van der Waals surface area (Å²) in [5, 5.41) is 16.2. The van der Waals surface area contributed by atoms with Gasteiger partial charge in [0.25, 0.3) is 0 Å². The molecule has 0 radical (unpaired) electrons. The van der Waals surface area contributed by atoms with E-state index in [0.29, 0.717) is 18.8 Å². The van der Waals surface area contributed by atoms with Crippen molar-refractivity contribution >= 4 is 33.0 Å². The standard InChI is InChI=1S/C18H20N8O2S/c1-29(27,28)25-8-6-13(11-25)21-18-20-10-16-17(22-18)26(24-23-16)14-4-5-15-12(9-14)3-2-7-19-15/h2-5,7,9-10,13,18,21-22H,6,8,11H2,1H3/t13-,18?/m1/s1. The molecular weight excluding hydrogens is 392 g/mol. The molecule has 2 aliphatic rings. The molecule has 10 nitrogen and oxygen atoms in total. The molecule has 150 valence electrons. The van der Waals surface area contributed by atoms with E-state index in [9.17, 15) is 8.42 Å². The summed E-state index contributed by atoms with van der Waals surface area (Å²) in [6, 6.07) is 9.83. The minimum absolute atomic E-state index is 0.0250. The molecule has 1 aromatic carbocycles.